The van der Waals surface area contributed by atoms with Crippen LogP contribution in [0.2, 0.25) is 0 Å². The van der Waals surface area contributed by atoms with Crippen molar-refractivity contribution >= 4 is 5.91 Å². The first-order valence-electron chi connectivity index (χ1n) is 6.91. The van der Waals surface area contributed by atoms with Gasteiger partial charge >= 0.3 is 0 Å². The molecule has 5 heteroatoms. The van der Waals surface area contributed by atoms with Gasteiger partial charge in [0, 0.05) is 38.3 Å². The van der Waals surface area contributed by atoms with Gasteiger partial charge in [-0.15, -0.1) is 0 Å². The van der Waals surface area contributed by atoms with E-state index in [2.05, 4.69) is 24.1 Å². The molecule has 2 fully saturated rings. The van der Waals surface area contributed by atoms with Crippen molar-refractivity contribution in [3.8, 4) is 0 Å². The lowest BCUT2D eigenvalue weighted by atomic mass is 10.0. The lowest BCUT2D eigenvalue weighted by Gasteiger charge is -2.38. The maximum atomic E-state index is 12.4. The molecule has 2 unspecified atom stereocenters. The number of ether oxygens (including phenoxy) is 1. The molecule has 2 heterocycles. The maximum Gasteiger partial charge on any atom is 0.229 e. The zero-order chi connectivity index (χ0) is 13.1. The number of nitrogens with one attached hydrogen (secondary N) is 1. The fourth-order valence-electron chi connectivity index (χ4n) is 2.78. The van der Waals surface area contributed by atoms with Gasteiger partial charge in [0.15, 0.2) is 0 Å². The molecule has 2 aliphatic heterocycles. The number of rotatable bonds is 3. The third-order valence-electron chi connectivity index (χ3n) is 4.12. The van der Waals surface area contributed by atoms with Crippen LogP contribution in [0.1, 0.15) is 13.8 Å². The van der Waals surface area contributed by atoms with Crippen LogP contribution in [-0.4, -0.2) is 74.2 Å². The number of carbonyl (C=O) groups is 1. The normalized spacial score (nSPS) is 30.1. The van der Waals surface area contributed by atoms with E-state index in [1.807, 2.05) is 11.9 Å². The van der Waals surface area contributed by atoms with Crippen LogP contribution in [0.25, 0.3) is 0 Å². The molecular weight excluding hydrogens is 230 g/mol. The Bertz CT molecular complexity index is 288. The molecule has 5 nitrogen and oxygen atoms in total. The Hall–Kier alpha value is -0.650. The van der Waals surface area contributed by atoms with Gasteiger partial charge in [-0.25, -0.2) is 0 Å². The summed E-state index contributed by atoms with van der Waals surface area (Å²) in [6.07, 6.45) is 0. The quantitative estimate of drug-likeness (QED) is 0.757. The molecule has 2 rings (SSSR count). The van der Waals surface area contributed by atoms with Gasteiger partial charge in [0.05, 0.1) is 19.1 Å². The zero-order valence-electron chi connectivity index (χ0n) is 11.7. The van der Waals surface area contributed by atoms with Gasteiger partial charge in [-0.2, -0.15) is 0 Å². The van der Waals surface area contributed by atoms with Crippen LogP contribution >= 0.6 is 0 Å². The van der Waals surface area contributed by atoms with Crippen molar-refractivity contribution in [2.24, 2.45) is 5.92 Å². The number of hydrogen-bond donors (Lipinski definition) is 1. The molecule has 0 spiro atoms. The molecule has 2 atom stereocenters. The number of hydrogen-bond acceptors (Lipinski definition) is 4. The van der Waals surface area contributed by atoms with Gasteiger partial charge in [0.2, 0.25) is 5.91 Å². The van der Waals surface area contributed by atoms with E-state index in [1.165, 1.54) is 0 Å². The highest BCUT2D eigenvalue weighted by molar-refractivity contribution is 5.80. The minimum Gasteiger partial charge on any atom is -0.379 e. The Morgan fingerprint density at radius 2 is 1.89 bits per heavy atom. The Morgan fingerprint density at radius 3 is 2.44 bits per heavy atom. The van der Waals surface area contributed by atoms with Crippen LogP contribution < -0.4 is 5.32 Å². The molecule has 104 valence electrons. The lowest BCUT2D eigenvalue weighted by Crippen LogP contribution is -2.54. The summed E-state index contributed by atoms with van der Waals surface area (Å²) in [5.74, 6) is 0.260. The summed E-state index contributed by atoms with van der Waals surface area (Å²) in [6.45, 7) is 9.31. The number of amides is 1. The molecule has 0 aliphatic carbocycles. The van der Waals surface area contributed by atoms with Crippen LogP contribution in [0.3, 0.4) is 0 Å². The van der Waals surface area contributed by atoms with Crippen molar-refractivity contribution in [1.82, 2.24) is 15.1 Å². The second-order valence-corrected chi connectivity index (χ2v) is 5.49. The summed E-state index contributed by atoms with van der Waals surface area (Å²) in [4.78, 5) is 16.9. The van der Waals surface area contributed by atoms with Crippen molar-refractivity contribution in [3.05, 3.63) is 0 Å². The first-order valence-corrected chi connectivity index (χ1v) is 6.91. The van der Waals surface area contributed by atoms with E-state index >= 15 is 0 Å². The van der Waals surface area contributed by atoms with E-state index in [-0.39, 0.29) is 17.9 Å². The highest BCUT2D eigenvalue weighted by Crippen LogP contribution is 2.18. The second kappa shape index (κ2) is 5.99. The van der Waals surface area contributed by atoms with Crippen molar-refractivity contribution < 1.29 is 9.53 Å². The minimum absolute atomic E-state index is 0.000556. The SMILES string of the molecule is CNC1COCC1C(=O)N1CCN(C(C)C)CC1. The molecule has 0 bridgehead atoms. The minimum atomic E-state index is 0.000556. The van der Waals surface area contributed by atoms with Crippen LogP contribution in [0, 0.1) is 5.92 Å². The first-order chi connectivity index (χ1) is 8.63. The van der Waals surface area contributed by atoms with Crippen molar-refractivity contribution in [2.75, 3.05) is 46.4 Å². The van der Waals surface area contributed by atoms with E-state index in [4.69, 9.17) is 4.74 Å². The fraction of sp³-hybridized carbons (Fsp3) is 0.923. The number of piperazine rings is 1. The average Bonchev–Trinajstić information content (AvgIpc) is 2.86. The van der Waals surface area contributed by atoms with E-state index in [0.29, 0.717) is 19.3 Å². The topological polar surface area (TPSA) is 44.8 Å². The summed E-state index contributed by atoms with van der Waals surface area (Å²) in [5.41, 5.74) is 0. The third kappa shape index (κ3) is 2.84. The molecule has 18 heavy (non-hydrogen) atoms. The summed E-state index contributed by atoms with van der Waals surface area (Å²) in [7, 11) is 1.90. The predicted molar refractivity (Wildman–Crippen MR) is 70.4 cm³/mol. The second-order valence-electron chi connectivity index (χ2n) is 5.49. The van der Waals surface area contributed by atoms with Crippen molar-refractivity contribution in [2.45, 2.75) is 25.9 Å². The smallest absolute Gasteiger partial charge is 0.229 e. The third-order valence-corrected chi connectivity index (χ3v) is 4.12. The van der Waals surface area contributed by atoms with E-state index in [0.717, 1.165) is 26.2 Å². The number of likely N-dealkylation sites (N-methyl/N-ethyl adjacent to an activating group) is 1. The Morgan fingerprint density at radius 1 is 1.22 bits per heavy atom. The average molecular weight is 255 g/mol. The lowest BCUT2D eigenvalue weighted by molar-refractivity contribution is -0.138. The Kier molecular flexibility index (Phi) is 4.59. The molecule has 1 amide bonds. The molecule has 0 saturated carbocycles. The highest BCUT2D eigenvalue weighted by atomic mass is 16.5. The van der Waals surface area contributed by atoms with Crippen LogP contribution in [0.5, 0.6) is 0 Å². The fourth-order valence-corrected chi connectivity index (χ4v) is 2.78. The molecule has 2 aliphatic rings. The van der Waals surface area contributed by atoms with E-state index < -0.39 is 0 Å². The van der Waals surface area contributed by atoms with Crippen molar-refractivity contribution in [3.63, 3.8) is 0 Å². The summed E-state index contributed by atoms with van der Waals surface area (Å²) in [6, 6.07) is 0.753. The monoisotopic (exact) mass is 255 g/mol. The van der Waals surface area contributed by atoms with Gasteiger partial charge in [-0.05, 0) is 20.9 Å². The molecular formula is C13H25N3O2. The van der Waals surface area contributed by atoms with E-state index in [1.54, 1.807) is 0 Å². The summed E-state index contributed by atoms with van der Waals surface area (Å²) in [5, 5.41) is 3.18. The molecule has 1 N–H and O–H groups in total. The van der Waals surface area contributed by atoms with Gasteiger partial charge < -0.3 is 15.0 Å². The standard InChI is InChI=1S/C13H25N3O2/c1-10(2)15-4-6-16(7-5-15)13(17)11-8-18-9-12(11)14-3/h10-12,14H,4-9H2,1-3H3. The van der Waals surface area contributed by atoms with Crippen LogP contribution in [0.4, 0.5) is 0 Å². The Balaban J connectivity index is 1.87. The predicted octanol–water partition coefficient (Wildman–Crippen LogP) is -0.227. The molecule has 0 aromatic heterocycles. The highest BCUT2D eigenvalue weighted by Gasteiger charge is 2.36. The van der Waals surface area contributed by atoms with Crippen LogP contribution in [-0.2, 0) is 9.53 Å². The molecule has 0 aromatic rings. The van der Waals surface area contributed by atoms with Gasteiger partial charge in [-0.3, -0.25) is 9.69 Å². The zero-order valence-corrected chi connectivity index (χ0v) is 11.7. The summed E-state index contributed by atoms with van der Waals surface area (Å²) < 4.78 is 5.41. The molecule has 2 saturated heterocycles. The summed E-state index contributed by atoms with van der Waals surface area (Å²) >= 11 is 0. The maximum absolute atomic E-state index is 12.4. The van der Waals surface area contributed by atoms with Crippen molar-refractivity contribution in [1.29, 1.82) is 0 Å². The number of nitrogens with zero attached hydrogens (tertiary/aromatic N) is 2. The van der Waals surface area contributed by atoms with Crippen LogP contribution in [0.15, 0.2) is 0 Å². The first kappa shape index (κ1) is 13.8. The largest absolute Gasteiger partial charge is 0.379 e. The van der Waals surface area contributed by atoms with Gasteiger partial charge in [-0.1, -0.05) is 0 Å². The van der Waals surface area contributed by atoms with Gasteiger partial charge in [0.1, 0.15) is 0 Å². The molecule has 0 radical (unpaired) electrons. The number of carbonyl (C=O) groups excluding carboxylic acids is 1. The van der Waals surface area contributed by atoms with E-state index in [9.17, 15) is 4.79 Å². The van der Waals surface area contributed by atoms with Gasteiger partial charge in [0.25, 0.3) is 0 Å². The Labute approximate surface area is 109 Å². The molecule has 0 aromatic carbocycles.